The summed E-state index contributed by atoms with van der Waals surface area (Å²) in [6.45, 7) is 0.337. The van der Waals surface area contributed by atoms with Gasteiger partial charge in [-0.05, 0) is 43.9 Å². The molecule has 1 aliphatic carbocycles. The van der Waals surface area contributed by atoms with Crippen molar-refractivity contribution >= 4 is 17.5 Å². The summed E-state index contributed by atoms with van der Waals surface area (Å²) in [6.07, 6.45) is 2.79. The quantitative estimate of drug-likeness (QED) is 0.810. The Morgan fingerprint density at radius 1 is 1.46 bits per heavy atom. The van der Waals surface area contributed by atoms with Crippen LogP contribution in [0.3, 0.4) is 0 Å². The van der Waals surface area contributed by atoms with Gasteiger partial charge in [0.25, 0.3) is 11.8 Å². The van der Waals surface area contributed by atoms with E-state index in [1.165, 1.54) is 12.0 Å². The molecule has 8 heteroatoms. The van der Waals surface area contributed by atoms with Gasteiger partial charge >= 0.3 is 0 Å². The second kappa shape index (κ2) is 6.54. The van der Waals surface area contributed by atoms with E-state index >= 15 is 4.39 Å². The molecule has 1 saturated carbocycles. The Labute approximate surface area is 155 Å². The fraction of sp³-hybridized carbons (Fsp3) is 0.500. The first-order valence-corrected chi connectivity index (χ1v) is 9.04. The Kier molecular flexibility index (Phi) is 4.34. The Hall–Kier alpha value is -2.15. The minimum Gasteiger partial charge on any atom is -0.496 e. The fourth-order valence-corrected chi connectivity index (χ4v) is 3.46. The van der Waals surface area contributed by atoms with E-state index in [9.17, 15) is 4.79 Å². The molecule has 0 spiro atoms. The smallest absolute Gasteiger partial charge is 0.266 e. The average Bonchev–Trinajstić information content (AvgIpc) is 3.37. The Balaban J connectivity index is 1.56. The van der Waals surface area contributed by atoms with Crippen LogP contribution in [0.2, 0.25) is 5.02 Å². The highest BCUT2D eigenvalue weighted by Crippen LogP contribution is 2.41. The molecule has 2 aromatic rings. The summed E-state index contributed by atoms with van der Waals surface area (Å²) < 4.78 is 26.0. The molecule has 1 atom stereocenters. The highest BCUT2D eigenvalue weighted by atomic mass is 35.5. The number of aromatic nitrogens is 2. The predicted octanol–water partition coefficient (Wildman–Crippen LogP) is 3.71. The summed E-state index contributed by atoms with van der Waals surface area (Å²) in [5.74, 6) is 0.893. The summed E-state index contributed by atoms with van der Waals surface area (Å²) in [5.41, 5.74) is -1.47. The van der Waals surface area contributed by atoms with Crippen LogP contribution in [0.1, 0.15) is 53.7 Å². The minimum absolute atomic E-state index is 0.0278. The van der Waals surface area contributed by atoms with Crippen LogP contribution in [0.25, 0.3) is 0 Å². The monoisotopic (exact) mass is 379 g/mol. The van der Waals surface area contributed by atoms with Crippen LogP contribution in [0.5, 0.6) is 5.75 Å². The van der Waals surface area contributed by atoms with Crippen molar-refractivity contribution in [3.63, 3.8) is 0 Å². The first kappa shape index (κ1) is 17.3. The molecule has 138 valence electrons. The number of rotatable bonds is 4. The molecule has 0 radical (unpaired) electrons. The molecule has 1 aliphatic heterocycles. The number of nitrogens with zero attached hydrogens (tertiary/aromatic N) is 3. The van der Waals surface area contributed by atoms with Gasteiger partial charge in [-0.3, -0.25) is 4.79 Å². The van der Waals surface area contributed by atoms with E-state index in [4.69, 9.17) is 20.9 Å². The standard InChI is InChI=1S/C18H19ClFN3O3/c1-25-14-9-12(19)5-6-13(14)16(24)23-8-2-7-18(20,10-23)17-21-15(22-26-17)11-3-4-11/h5-6,9,11H,2-4,7-8,10H2,1H3. The zero-order valence-electron chi connectivity index (χ0n) is 14.4. The number of halogens is 2. The van der Waals surface area contributed by atoms with Crippen molar-refractivity contribution in [2.24, 2.45) is 0 Å². The number of likely N-dealkylation sites (tertiary alicyclic amines) is 1. The number of benzene rings is 1. The Morgan fingerprint density at radius 2 is 2.27 bits per heavy atom. The van der Waals surface area contributed by atoms with Crippen molar-refractivity contribution in [1.29, 1.82) is 0 Å². The second-order valence-corrected chi connectivity index (χ2v) is 7.31. The zero-order valence-corrected chi connectivity index (χ0v) is 15.1. The summed E-state index contributed by atoms with van der Waals surface area (Å²) in [7, 11) is 1.47. The van der Waals surface area contributed by atoms with Crippen molar-refractivity contribution < 1.29 is 18.4 Å². The van der Waals surface area contributed by atoms with Gasteiger partial charge in [0.15, 0.2) is 5.82 Å². The topological polar surface area (TPSA) is 68.5 Å². The lowest BCUT2D eigenvalue weighted by molar-refractivity contribution is 0.0151. The van der Waals surface area contributed by atoms with E-state index in [2.05, 4.69) is 10.1 Å². The van der Waals surface area contributed by atoms with Crippen LogP contribution < -0.4 is 4.74 Å². The third kappa shape index (κ3) is 3.16. The van der Waals surface area contributed by atoms with E-state index in [0.717, 1.165) is 12.8 Å². The van der Waals surface area contributed by atoms with Gasteiger partial charge in [-0.25, -0.2) is 4.39 Å². The van der Waals surface area contributed by atoms with Gasteiger partial charge in [0.2, 0.25) is 5.67 Å². The van der Waals surface area contributed by atoms with Crippen LogP contribution in [0.15, 0.2) is 22.7 Å². The molecule has 6 nitrogen and oxygen atoms in total. The van der Waals surface area contributed by atoms with Gasteiger partial charge < -0.3 is 14.2 Å². The predicted molar refractivity (Wildman–Crippen MR) is 92.2 cm³/mol. The SMILES string of the molecule is COc1cc(Cl)ccc1C(=O)N1CCCC(F)(c2nc(C3CC3)no2)C1. The van der Waals surface area contributed by atoms with Crippen molar-refractivity contribution in [1.82, 2.24) is 15.0 Å². The molecule has 0 N–H and O–H groups in total. The largest absolute Gasteiger partial charge is 0.496 e. The maximum absolute atomic E-state index is 15.5. The number of piperidine rings is 1. The lowest BCUT2D eigenvalue weighted by Crippen LogP contribution is -2.46. The van der Waals surface area contributed by atoms with E-state index in [-0.39, 0.29) is 30.7 Å². The maximum Gasteiger partial charge on any atom is 0.266 e. The molecule has 1 aromatic heterocycles. The molecule has 0 bridgehead atoms. The van der Waals surface area contributed by atoms with E-state index in [1.54, 1.807) is 18.2 Å². The van der Waals surface area contributed by atoms with Gasteiger partial charge in [0, 0.05) is 17.5 Å². The maximum atomic E-state index is 15.5. The number of methoxy groups -OCH3 is 1. The molecule has 1 unspecified atom stereocenters. The third-order valence-electron chi connectivity index (χ3n) is 4.89. The minimum atomic E-state index is -1.83. The third-order valence-corrected chi connectivity index (χ3v) is 5.13. The Morgan fingerprint density at radius 3 is 3.00 bits per heavy atom. The molecule has 1 amide bonds. The molecule has 1 saturated heterocycles. The average molecular weight is 380 g/mol. The fourth-order valence-electron chi connectivity index (χ4n) is 3.29. The molecule has 2 fully saturated rings. The summed E-state index contributed by atoms with van der Waals surface area (Å²) in [6, 6.07) is 4.78. The van der Waals surface area contributed by atoms with Crippen LogP contribution in [0, 0.1) is 0 Å². The molecule has 26 heavy (non-hydrogen) atoms. The molecular weight excluding hydrogens is 361 g/mol. The van der Waals surface area contributed by atoms with Crippen molar-refractivity contribution in [3.05, 3.63) is 40.5 Å². The molecule has 2 heterocycles. The first-order chi connectivity index (χ1) is 12.5. The Bertz CT molecular complexity index is 839. The lowest BCUT2D eigenvalue weighted by Gasteiger charge is -2.35. The number of ether oxygens (including phenoxy) is 1. The number of amides is 1. The van der Waals surface area contributed by atoms with Crippen LogP contribution in [0.4, 0.5) is 4.39 Å². The molecule has 2 aliphatic rings. The van der Waals surface area contributed by atoms with Gasteiger partial charge in [-0.15, -0.1) is 0 Å². The molecule has 1 aromatic carbocycles. The normalized spacial score (nSPS) is 23.1. The van der Waals surface area contributed by atoms with Gasteiger partial charge in [0.1, 0.15) is 5.75 Å². The summed E-state index contributed by atoms with van der Waals surface area (Å²) in [4.78, 5) is 18.6. The van der Waals surface area contributed by atoms with Crippen molar-refractivity contribution in [3.8, 4) is 5.75 Å². The number of hydrogen-bond acceptors (Lipinski definition) is 5. The van der Waals surface area contributed by atoms with Gasteiger partial charge in [-0.1, -0.05) is 16.8 Å². The van der Waals surface area contributed by atoms with Crippen LogP contribution in [-0.4, -0.2) is 41.1 Å². The summed E-state index contributed by atoms with van der Waals surface area (Å²) >= 11 is 5.95. The highest BCUT2D eigenvalue weighted by Gasteiger charge is 2.45. The number of alkyl halides is 1. The van der Waals surface area contributed by atoms with Crippen LogP contribution in [-0.2, 0) is 5.67 Å². The number of carbonyl (C=O) groups is 1. The second-order valence-electron chi connectivity index (χ2n) is 6.87. The lowest BCUT2D eigenvalue weighted by atomic mass is 9.94. The van der Waals surface area contributed by atoms with E-state index in [0.29, 0.717) is 35.1 Å². The van der Waals surface area contributed by atoms with Gasteiger partial charge in [-0.2, -0.15) is 4.98 Å². The molecule has 4 rings (SSSR count). The highest BCUT2D eigenvalue weighted by molar-refractivity contribution is 6.30. The zero-order chi connectivity index (χ0) is 18.3. The van der Waals surface area contributed by atoms with E-state index in [1.807, 2.05) is 0 Å². The molecular formula is C18H19ClFN3O3. The summed E-state index contributed by atoms with van der Waals surface area (Å²) in [5, 5.41) is 4.37. The van der Waals surface area contributed by atoms with Gasteiger partial charge in [0.05, 0.1) is 19.2 Å². The van der Waals surface area contributed by atoms with E-state index < -0.39 is 5.67 Å². The van der Waals surface area contributed by atoms with Crippen molar-refractivity contribution in [2.45, 2.75) is 37.3 Å². The first-order valence-electron chi connectivity index (χ1n) is 8.66. The van der Waals surface area contributed by atoms with Crippen LogP contribution >= 0.6 is 11.6 Å². The van der Waals surface area contributed by atoms with Crippen molar-refractivity contribution in [2.75, 3.05) is 20.2 Å². The number of hydrogen-bond donors (Lipinski definition) is 0. The number of carbonyl (C=O) groups excluding carboxylic acids is 1.